The van der Waals surface area contributed by atoms with Crippen LogP contribution < -0.4 is 5.73 Å². The van der Waals surface area contributed by atoms with Crippen LogP contribution in [0, 0.1) is 5.82 Å². The van der Waals surface area contributed by atoms with Crippen molar-refractivity contribution in [3.8, 4) is 0 Å². The summed E-state index contributed by atoms with van der Waals surface area (Å²) in [5.41, 5.74) is 8.39. The monoisotopic (exact) mass is 241 g/mol. The van der Waals surface area contributed by atoms with Crippen molar-refractivity contribution in [2.24, 2.45) is 5.73 Å². The molecule has 0 aliphatic heterocycles. The normalized spacial score (nSPS) is 12.8. The summed E-state index contributed by atoms with van der Waals surface area (Å²) in [4.78, 5) is 4.43. The average molecular weight is 241 g/mol. The fourth-order valence-electron chi connectivity index (χ4n) is 1.97. The van der Waals surface area contributed by atoms with E-state index in [1.165, 1.54) is 12.1 Å². The lowest BCUT2D eigenvalue weighted by molar-refractivity contribution is 0.623. The predicted molar refractivity (Wildman–Crippen MR) is 67.6 cm³/mol. The van der Waals surface area contributed by atoms with Gasteiger partial charge in [0.2, 0.25) is 0 Å². The molecule has 3 rings (SSSR count). The van der Waals surface area contributed by atoms with Crippen LogP contribution in [0.2, 0.25) is 0 Å². The molecule has 0 radical (unpaired) electrons. The molecule has 2 heterocycles. The van der Waals surface area contributed by atoms with E-state index in [0.717, 1.165) is 16.9 Å². The number of hydrogen-bond donors (Lipinski definition) is 1. The highest BCUT2D eigenvalue weighted by Gasteiger charge is 2.13. The van der Waals surface area contributed by atoms with Gasteiger partial charge in [0.15, 0.2) is 0 Å². The summed E-state index contributed by atoms with van der Waals surface area (Å²) in [5.74, 6) is -0.285. The zero-order valence-electron chi connectivity index (χ0n) is 9.62. The van der Waals surface area contributed by atoms with E-state index in [-0.39, 0.29) is 5.82 Å². The number of halogens is 1. The second kappa shape index (κ2) is 4.23. The van der Waals surface area contributed by atoms with Crippen LogP contribution in [0.4, 0.5) is 4.39 Å². The minimum atomic E-state index is -0.416. The Kier molecular flexibility index (Phi) is 2.57. The highest BCUT2D eigenvalue weighted by Crippen LogP contribution is 2.19. The van der Waals surface area contributed by atoms with E-state index in [1.807, 2.05) is 35.0 Å². The van der Waals surface area contributed by atoms with Crippen LogP contribution in [0.25, 0.3) is 5.65 Å². The molecule has 1 aromatic carbocycles. The maximum Gasteiger partial charge on any atom is 0.137 e. The van der Waals surface area contributed by atoms with Crippen molar-refractivity contribution in [3.63, 3.8) is 0 Å². The third-order valence-corrected chi connectivity index (χ3v) is 2.91. The lowest BCUT2D eigenvalue weighted by Gasteiger charge is -2.08. The van der Waals surface area contributed by atoms with Gasteiger partial charge >= 0.3 is 0 Å². The lowest BCUT2D eigenvalue weighted by atomic mass is 10.1. The molecule has 0 saturated heterocycles. The second-order valence-electron chi connectivity index (χ2n) is 4.16. The largest absolute Gasteiger partial charge is 0.319 e. The molecule has 3 aromatic rings. The molecule has 0 aliphatic carbocycles. The summed E-state index contributed by atoms with van der Waals surface area (Å²) >= 11 is 0. The number of aromatic nitrogens is 2. The van der Waals surface area contributed by atoms with Crippen LogP contribution in [-0.2, 0) is 0 Å². The van der Waals surface area contributed by atoms with E-state index in [0.29, 0.717) is 0 Å². The number of rotatable bonds is 2. The highest BCUT2D eigenvalue weighted by atomic mass is 19.1. The van der Waals surface area contributed by atoms with Gasteiger partial charge in [-0.05, 0) is 29.8 Å². The third-order valence-electron chi connectivity index (χ3n) is 2.91. The molecule has 0 bridgehead atoms. The molecule has 1 atom stereocenters. The molecule has 3 nitrogen and oxygen atoms in total. The molecule has 0 amide bonds. The Morgan fingerprint density at radius 1 is 1.17 bits per heavy atom. The average Bonchev–Trinajstić information content (AvgIpc) is 2.81. The van der Waals surface area contributed by atoms with E-state index in [2.05, 4.69) is 4.98 Å². The number of nitrogens with two attached hydrogens (primary N) is 1. The van der Waals surface area contributed by atoms with Crippen molar-refractivity contribution in [3.05, 3.63) is 71.9 Å². The minimum Gasteiger partial charge on any atom is -0.319 e. The molecule has 0 fully saturated rings. The Morgan fingerprint density at radius 2 is 2.06 bits per heavy atom. The van der Waals surface area contributed by atoms with Gasteiger partial charge in [0.05, 0.1) is 11.7 Å². The molecule has 0 aliphatic rings. The van der Waals surface area contributed by atoms with E-state index in [4.69, 9.17) is 5.73 Å². The standard InChI is InChI=1S/C14H12FN3/c15-11-5-3-4-10(8-11)14(16)12-9-18-7-2-1-6-13(18)17-12/h1-9,14H,16H2. The van der Waals surface area contributed by atoms with Gasteiger partial charge in [0.1, 0.15) is 11.5 Å². The van der Waals surface area contributed by atoms with Gasteiger partial charge in [-0.25, -0.2) is 9.37 Å². The zero-order valence-corrected chi connectivity index (χ0v) is 9.62. The first-order valence-electron chi connectivity index (χ1n) is 5.69. The molecule has 0 spiro atoms. The molecule has 18 heavy (non-hydrogen) atoms. The first-order chi connectivity index (χ1) is 8.74. The van der Waals surface area contributed by atoms with E-state index in [1.54, 1.807) is 12.1 Å². The topological polar surface area (TPSA) is 43.3 Å². The van der Waals surface area contributed by atoms with Crippen molar-refractivity contribution < 1.29 is 4.39 Å². The summed E-state index contributed by atoms with van der Waals surface area (Å²) < 4.78 is 15.1. The first-order valence-corrected chi connectivity index (χ1v) is 5.69. The number of fused-ring (bicyclic) bond motifs is 1. The Hall–Kier alpha value is -2.20. The van der Waals surface area contributed by atoms with Crippen LogP contribution in [0.15, 0.2) is 54.9 Å². The number of benzene rings is 1. The van der Waals surface area contributed by atoms with Gasteiger partial charge in [0.25, 0.3) is 0 Å². The lowest BCUT2D eigenvalue weighted by Crippen LogP contribution is -2.12. The minimum absolute atomic E-state index is 0.285. The molecule has 90 valence electrons. The van der Waals surface area contributed by atoms with Crippen LogP contribution in [-0.4, -0.2) is 9.38 Å². The van der Waals surface area contributed by atoms with Crippen molar-refractivity contribution in [1.82, 2.24) is 9.38 Å². The van der Waals surface area contributed by atoms with E-state index in [9.17, 15) is 4.39 Å². The Balaban J connectivity index is 2.03. The smallest absolute Gasteiger partial charge is 0.137 e. The van der Waals surface area contributed by atoms with Gasteiger partial charge < -0.3 is 10.1 Å². The fraction of sp³-hybridized carbons (Fsp3) is 0.0714. The molecule has 1 unspecified atom stereocenters. The number of nitrogens with zero attached hydrogens (tertiary/aromatic N) is 2. The summed E-state index contributed by atoms with van der Waals surface area (Å²) in [5, 5.41) is 0. The third kappa shape index (κ3) is 1.87. The summed E-state index contributed by atoms with van der Waals surface area (Å²) in [6.07, 6.45) is 3.77. The Bertz CT molecular complexity index is 657. The van der Waals surface area contributed by atoms with Crippen molar-refractivity contribution in [2.75, 3.05) is 0 Å². The van der Waals surface area contributed by atoms with Crippen LogP contribution >= 0.6 is 0 Å². The SMILES string of the molecule is NC(c1cccc(F)c1)c1cn2ccccc2n1. The van der Waals surface area contributed by atoms with Crippen LogP contribution in [0.5, 0.6) is 0 Å². The first kappa shape index (κ1) is 10.9. The second-order valence-corrected chi connectivity index (χ2v) is 4.16. The molecular weight excluding hydrogens is 229 g/mol. The Morgan fingerprint density at radius 3 is 2.83 bits per heavy atom. The van der Waals surface area contributed by atoms with Crippen LogP contribution in [0.3, 0.4) is 0 Å². The molecule has 2 aromatic heterocycles. The van der Waals surface area contributed by atoms with E-state index < -0.39 is 6.04 Å². The van der Waals surface area contributed by atoms with Gasteiger partial charge in [0, 0.05) is 12.4 Å². The maximum atomic E-state index is 13.2. The Labute approximate surface area is 104 Å². The molecule has 4 heteroatoms. The van der Waals surface area contributed by atoms with E-state index >= 15 is 0 Å². The zero-order chi connectivity index (χ0) is 12.5. The number of hydrogen-bond acceptors (Lipinski definition) is 2. The molecule has 0 saturated carbocycles. The predicted octanol–water partition coefficient (Wildman–Crippen LogP) is 2.52. The van der Waals surface area contributed by atoms with Crippen molar-refractivity contribution in [2.45, 2.75) is 6.04 Å². The summed E-state index contributed by atoms with van der Waals surface area (Å²) in [7, 11) is 0. The van der Waals surface area contributed by atoms with Gasteiger partial charge in [-0.1, -0.05) is 18.2 Å². The van der Waals surface area contributed by atoms with Crippen LogP contribution in [0.1, 0.15) is 17.3 Å². The maximum absolute atomic E-state index is 13.2. The number of imidazole rings is 1. The fourth-order valence-corrected chi connectivity index (χ4v) is 1.97. The quantitative estimate of drug-likeness (QED) is 0.749. The summed E-state index contributed by atoms with van der Waals surface area (Å²) in [6.45, 7) is 0. The molecular formula is C14H12FN3. The summed E-state index contributed by atoms with van der Waals surface area (Å²) in [6, 6.07) is 11.6. The van der Waals surface area contributed by atoms with Gasteiger partial charge in [-0.3, -0.25) is 0 Å². The van der Waals surface area contributed by atoms with Gasteiger partial charge in [-0.15, -0.1) is 0 Å². The van der Waals surface area contributed by atoms with Crippen molar-refractivity contribution >= 4 is 5.65 Å². The highest BCUT2D eigenvalue weighted by molar-refractivity contribution is 5.41. The number of pyridine rings is 1. The van der Waals surface area contributed by atoms with Gasteiger partial charge in [-0.2, -0.15) is 0 Å². The van der Waals surface area contributed by atoms with Crippen molar-refractivity contribution in [1.29, 1.82) is 0 Å². The molecule has 2 N–H and O–H groups in total.